The van der Waals surface area contributed by atoms with Crippen molar-refractivity contribution < 1.29 is 13.2 Å². The first-order valence-electron chi connectivity index (χ1n) is 7.18. The standard InChI is InChI=1S/C16H18N2O3S2/c1-16(2)13-9-12(6-7-14(13)18(3)15(16)19)23(20,21)17-10-11-5-4-8-22-11/h4-9,17H,10H2,1-3H3. The summed E-state index contributed by atoms with van der Waals surface area (Å²) in [6.07, 6.45) is 0. The molecule has 0 atom stereocenters. The highest BCUT2D eigenvalue weighted by Crippen LogP contribution is 2.41. The predicted molar refractivity (Wildman–Crippen MR) is 91.2 cm³/mol. The summed E-state index contributed by atoms with van der Waals surface area (Å²) in [4.78, 5) is 15.0. The molecular weight excluding hydrogens is 332 g/mol. The fourth-order valence-corrected chi connectivity index (χ4v) is 4.55. The van der Waals surface area contributed by atoms with Crippen LogP contribution in [0.3, 0.4) is 0 Å². The van der Waals surface area contributed by atoms with Crippen LogP contribution in [0.5, 0.6) is 0 Å². The number of nitrogens with zero attached hydrogens (tertiary/aromatic N) is 1. The number of carbonyl (C=O) groups is 1. The molecule has 3 rings (SSSR count). The van der Waals surface area contributed by atoms with E-state index in [-0.39, 0.29) is 17.3 Å². The molecule has 0 saturated heterocycles. The van der Waals surface area contributed by atoms with E-state index < -0.39 is 15.4 Å². The fourth-order valence-electron chi connectivity index (χ4n) is 2.78. The molecule has 0 fully saturated rings. The maximum atomic E-state index is 12.5. The van der Waals surface area contributed by atoms with Gasteiger partial charge in [-0.05, 0) is 49.1 Å². The van der Waals surface area contributed by atoms with E-state index in [4.69, 9.17) is 0 Å². The molecule has 23 heavy (non-hydrogen) atoms. The zero-order valence-electron chi connectivity index (χ0n) is 13.2. The quantitative estimate of drug-likeness (QED) is 0.921. The molecule has 1 amide bonds. The molecule has 7 heteroatoms. The summed E-state index contributed by atoms with van der Waals surface area (Å²) >= 11 is 1.50. The topological polar surface area (TPSA) is 66.5 Å². The highest BCUT2D eigenvalue weighted by molar-refractivity contribution is 7.89. The van der Waals surface area contributed by atoms with Crippen molar-refractivity contribution in [2.24, 2.45) is 0 Å². The van der Waals surface area contributed by atoms with Crippen molar-refractivity contribution in [3.63, 3.8) is 0 Å². The fraction of sp³-hybridized carbons (Fsp3) is 0.312. The highest BCUT2D eigenvalue weighted by atomic mass is 32.2. The SMILES string of the molecule is CN1C(=O)C(C)(C)c2cc(S(=O)(=O)NCc3cccs3)ccc21. The molecule has 1 aromatic carbocycles. The van der Waals surface area contributed by atoms with Gasteiger partial charge in [-0.25, -0.2) is 13.1 Å². The second kappa shape index (κ2) is 5.43. The maximum Gasteiger partial charge on any atom is 0.240 e. The lowest BCUT2D eigenvalue weighted by Gasteiger charge is -2.16. The molecule has 0 unspecified atom stereocenters. The van der Waals surface area contributed by atoms with Crippen LogP contribution >= 0.6 is 11.3 Å². The molecule has 0 saturated carbocycles. The second-order valence-electron chi connectivity index (χ2n) is 6.07. The van der Waals surface area contributed by atoms with Crippen molar-refractivity contribution in [1.29, 1.82) is 0 Å². The number of nitrogens with one attached hydrogen (secondary N) is 1. The Morgan fingerprint density at radius 2 is 2.00 bits per heavy atom. The number of sulfonamides is 1. The van der Waals surface area contributed by atoms with Gasteiger partial charge in [-0.1, -0.05) is 6.07 Å². The molecule has 1 N–H and O–H groups in total. The minimum atomic E-state index is -3.62. The first kappa shape index (κ1) is 16.2. The van der Waals surface area contributed by atoms with Gasteiger partial charge >= 0.3 is 0 Å². The van der Waals surface area contributed by atoms with E-state index >= 15 is 0 Å². The van der Waals surface area contributed by atoms with Gasteiger partial charge in [0, 0.05) is 24.2 Å². The number of rotatable bonds is 4. The Morgan fingerprint density at radius 3 is 2.65 bits per heavy atom. The Morgan fingerprint density at radius 1 is 1.26 bits per heavy atom. The van der Waals surface area contributed by atoms with E-state index in [1.165, 1.54) is 11.3 Å². The second-order valence-corrected chi connectivity index (χ2v) is 8.87. The van der Waals surface area contributed by atoms with Gasteiger partial charge in [-0.2, -0.15) is 0 Å². The van der Waals surface area contributed by atoms with Crippen molar-refractivity contribution >= 4 is 33.0 Å². The maximum absolute atomic E-state index is 12.5. The Balaban J connectivity index is 1.93. The van der Waals surface area contributed by atoms with Gasteiger partial charge in [0.15, 0.2) is 0 Å². The molecule has 2 aromatic rings. The largest absolute Gasteiger partial charge is 0.314 e. The Hall–Kier alpha value is -1.70. The zero-order chi connectivity index (χ0) is 16.8. The van der Waals surface area contributed by atoms with Gasteiger partial charge in [-0.15, -0.1) is 11.3 Å². The van der Waals surface area contributed by atoms with Crippen molar-refractivity contribution in [2.45, 2.75) is 30.7 Å². The normalized spacial score (nSPS) is 16.7. The lowest BCUT2D eigenvalue weighted by Crippen LogP contribution is -2.33. The van der Waals surface area contributed by atoms with Gasteiger partial charge in [0.05, 0.1) is 10.3 Å². The van der Waals surface area contributed by atoms with Crippen LogP contribution < -0.4 is 9.62 Å². The van der Waals surface area contributed by atoms with Crippen LogP contribution in [-0.4, -0.2) is 21.4 Å². The third-order valence-electron chi connectivity index (χ3n) is 4.17. The number of likely N-dealkylation sites (N-methyl/N-ethyl adjacent to an activating group) is 1. The molecule has 5 nitrogen and oxygen atoms in total. The highest BCUT2D eigenvalue weighted by Gasteiger charge is 2.42. The smallest absolute Gasteiger partial charge is 0.240 e. The van der Waals surface area contributed by atoms with Crippen LogP contribution in [0.4, 0.5) is 5.69 Å². The summed E-state index contributed by atoms with van der Waals surface area (Å²) in [5.74, 6) is -0.0337. The average molecular weight is 350 g/mol. The molecule has 0 spiro atoms. The monoisotopic (exact) mass is 350 g/mol. The molecule has 1 aliphatic heterocycles. The van der Waals surface area contributed by atoms with Crippen LogP contribution in [0.2, 0.25) is 0 Å². The summed E-state index contributed by atoms with van der Waals surface area (Å²) < 4.78 is 27.6. The van der Waals surface area contributed by atoms with Crippen LogP contribution in [0, 0.1) is 0 Å². The van der Waals surface area contributed by atoms with Crippen LogP contribution in [0.15, 0.2) is 40.6 Å². The van der Waals surface area contributed by atoms with Crippen molar-refractivity contribution in [3.05, 3.63) is 46.2 Å². The lowest BCUT2D eigenvalue weighted by molar-refractivity contribution is -0.121. The van der Waals surface area contributed by atoms with Crippen LogP contribution in [-0.2, 0) is 26.8 Å². The summed E-state index contributed by atoms with van der Waals surface area (Å²) in [6, 6.07) is 8.61. The van der Waals surface area contributed by atoms with E-state index in [9.17, 15) is 13.2 Å². The van der Waals surface area contributed by atoms with Crippen LogP contribution in [0.25, 0.3) is 0 Å². The molecule has 0 aliphatic carbocycles. The van der Waals surface area contributed by atoms with E-state index in [0.29, 0.717) is 0 Å². The van der Waals surface area contributed by atoms with Gasteiger partial charge in [0.1, 0.15) is 0 Å². The number of fused-ring (bicyclic) bond motifs is 1. The average Bonchev–Trinajstić information content (AvgIpc) is 3.09. The summed E-state index contributed by atoms with van der Waals surface area (Å²) in [7, 11) is -1.91. The molecule has 1 aromatic heterocycles. The number of hydrogen-bond donors (Lipinski definition) is 1. The van der Waals surface area contributed by atoms with Crippen molar-refractivity contribution in [2.75, 3.05) is 11.9 Å². The summed E-state index contributed by atoms with van der Waals surface area (Å²) in [6.45, 7) is 3.89. The first-order valence-corrected chi connectivity index (χ1v) is 9.54. The third kappa shape index (κ3) is 2.69. The van der Waals surface area contributed by atoms with E-state index in [1.54, 1.807) is 30.1 Å². The lowest BCUT2D eigenvalue weighted by atomic mass is 9.86. The van der Waals surface area contributed by atoms with Gasteiger partial charge in [0.2, 0.25) is 15.9 Å². The number of anilines is 1. The van der Waals surface area contributed by atoms with E-state index in [1.807, 2.05) is 31.4 Å². The number of benzene rings is 1. The van der Waals surface area contributed by atoms with E-state index in [2.05, 4.69) is 4.72 Å². The van der Waals surface area contributed by atoms with Gasteiger partial charge in [-0.3, -0.25) is 4.79 Å². The minimum Gasteiger partial charge on any atom is -0.314 e. The van der Waals surface area contributed by atoms with E-state index in [0.717, 1.165) is 16.1 Å². The number of carbonyl (C=O) groups excluding carboxylic acids is 1. The van der Waals surface area contributed by atoms with Crippen molar-refractivity contribution in [1.82, 2.24) is 4.72 Å². The zero-order valence-corrected chi connectivity index (χ0v) is 14.8. The number of thiophene rings is 1. The summed E-state index contributed by atoms with van der Waals surface area (Å²) in [5.41, 5.74) is 0.782. The molecule has 122 valence electrons. The van der Waals surface area contributed by atoms with Crippen LogP contribution in [0.1, 0.15) is 24.3 Å². The molecule has 1 aliphatic rings. The van der Waals surface area contributed by atoms with Crippen molar-refractivity contribution in [3.8, 4) is 0 Å². The Bertz CT molecular complexity index is 855. The Labute approximate surface area is 140 Å². The Kier molecular flexibility index (Phi) is 3.82. The molecule has 0 radical (unpaired) electrons. The number of amides is 1. The van der Waals surface area contributed by atoms with Gasteiger partial charge < -0.3 is 4.90 Å². The summed E-state index contributed by atoms with van der Waals surface area (Å²) in [5, 5.41) is 1.91. The third-order valence-corrected chi connectivity index (χ3v) is 6.44. The molecular formula is C16H18N2O3S2. The molecule has 0 bridgehead atoms. The van der Waals surface area contributed by atoms with Gasteiger partial charge in [0.25, 0.3) is 0 Å². The molecule has 2 heterocycles. The predicted octanol–water partition coefficient (Wildman–Crippen LogP) is 2.48. The first-order chi connectivity index (χ1) is 10.7. The minimum absolute atomic E-state index is 0.0337. The number of hydrogen-bond acceptors (Lipinski definition) is 4.